The molecule has 0 aliphatic carbocycles. The van der Waals surface area contributed by atoms with Crippen molar-refractivity contribution in [2.45, 2.75) is 45.9 Å². The second-order valence-electron chi connectivity index (χ2n) is 5.50. The van der Waals surface area contributed by atoms with Gasteiger partial charge in [0.25, 0.3) is 0 Å². The van der Waals surface area contributed by atoms with Crippen molar-refractivity contribution in [3.05, 3.63) is 46.4 Å². The van der Waals surface area contributed by atoms with Crippen LogP contribution in [0.3, 0.4) is 0 Å². The SMILES string of the molecule is CCC(C)(C)NCc1ccc(OCc2cscn2)cc1.Cl. The summed E-state index contributed by atoms with van der Waals surface area (Å²) in [5, 5.41) is 5.55. The summed E-state index contributed by atoms with van der Waals surface area (Å²) in [6.45, 7) is 8.05. The average Bonchev–Trinajstić information content (AvgIpc) is 2.97. The molecular formula is C16H23ClN2OS. The van der Waals surface area contributed by atoms with Crippen LogP contribution in [0.15, 0.2) is 35.2 Å². The topological polar surface area (TPSA) is 34.1 Å². The molecule has 0 bridgehead atoms. The number of nitrogens with one attached hydrogen (secondary N) is 1. The smallest absolute Gasteiger partial charge is 0.131 e. The van der Waals surface area contributed by atoms with Crippen LogP contribution in [-0.2, 0) is 13.2 Å². The predicted molar refractivity (Wildman–Crippen MR) is 91.3 cm³/mol. The number of halogens is 1. The van der Waals surface area contributed by atoms with Crippen LogP contribution in [-0.4, -0.2) is 10.5 Å². The quantitative estimate of drug-likeness (QED) is 0.817. The summed E-state index contributed by atoms with van der Waals surface area (Å²) in [4.78, 5) is 4.20. The van der Waals surface area contributed by atoms with Gasteiger partial charge in [-0.1, -0.05) is 19.1 Å². The van der Waals surface area contributed by atoms with E-state index in [0.717, 1.165) is 24.4 Å². The zero-order valence-corrected chi connectivity index (χ0v) is 14.4. The lowest BCUT2D eigenvalue weighted by Crippen LogP contribution is -2.37. The van der Waals surface area contributed by atoms with E-state index in [4.69, 9.17) is 4.74 Å². The second kappa shape index (κ2) is 8.37. The van der Waals surface area contributed by atoms with Crippen molar-refractivity contribution in [1.82, 2.24) is 10.3 Å². The van der Waals surface area contributed by atoms with Crippen molar-refractivity contribution in [2.75, 3.05) is 0 Å². The average molecular weight is 327 g/mol. The van der Waals surface area contributed by atoms with Gasteiger partial charge in [-0.25, -0.2) is 4.98 Å². The molecule has 0 atom stereocenters. The van der Waals surface area contributed by atoms with Crippen LogP contribution in [0.1, 0.15) is 38.4 Å². The number of hydrogen-bond acceptors (Lipinski definition) is 4. The molecule has 0 amide bonds. The van der Waals surface area contributed by atoms with Crippen LogP contribution in [0.4, 0.5) is 0 Å². The van der Waals surface area contributed by atoms with E-state index in [1.54, 1.807) is 11.3 Å². The Balaban J connectivity index is 0.00000220. The maximum absolute atomic E-state index is 5.70. The number of ether oxygens (including phenoxy) is 1. The van der Waals surface area contributed by atoms with Crippen LogP contribution in [0, 0.1) is 0 Å². The first-order valence-corrected chi connectivity index (χ1v) is 7.87. The summed E-state index contributed by atoms with van der Waals surface area (Å²) >= 11 is 1.59. The van der Waals surface area contributed by atoms with Gasteiger partial charge in [0, 0.05) is 17.5 Å². The fraction of sp³-hybridized carbons (Fsp3) is 0.438. The minimum Gasteiger partial charge on any atom is -0.487 e. The van der Waals surface area contributed by atoms with E-state index in [-0.39, 0.29) is 17.9 Å². The van der Waals surface area contributed by atoms with Crippen LogP contribution < -0.4 is 10.1 Å². The first kappa shape index (κ1) is 18.0. The molecule has 0 saturated heterocycles. The molecule has 0 fully saturated rings. The zero-order valence-electron chi connectivity index (χ0n) is 12.8. The maximum Gasteiger partial charge on any atom is 0.131 e. The van der Waals surface area contributed by atoms with Crippen molar-refractivity contribution in [3.63, 3.8) is 0 Å². The lowest BCUT2D eigenvalue weighted by atomic mass is 10.0. The monoisotopic (exact) mass is 326 g/mol. The van der Waals surface area contributed by atoms with Crippen molar-refractivity contribution in [2.24, 2.45) is 0 Å². The number of aromatic nitrogens is 1. The molecule has 1 heterocycles. The summed E-state index contributed by atoms with van der Waals surface area (Å²) in [6.07, 6.45) is 1.11. The molecule has 1 N–H and O–H groups in total. The Labute approximate surface area is 137 Å². The number of benzene rings is 1. The predicted octanol–water partition coefficient (Wildman–Crippen LogP) is 4.42. The Morgan fingerprint density at radius 2 is 1.95 bits per heavy atom. The summed E-state index contributed by atoms with van der Waals surface area (Å²) in [5.41, 5.74) is 4.25. The Bertz CT molecular complexity index is 512. The van der Waals surface area contributed by atoms with Gasteiger partial charge in [0.1, 0.15) is 12.4 Å². The standard InChI is InChI=1S/C16H22N2OS.ClH/c1-4-16(2,3)18-9-13-5-7-15(8-6-13)19-10-14-11-20-12-17-14;/h5-8,11-12,18H,4,9-10H2,1-3H3;1H. The van der Waals surface area contributed by atoms with Gasteiger partial charge >= 0.3 is 0 Å². The fourth-order valence-corrected chi connectivity index (χ4v) is 2.18. The van der Waals surface area contributed by atoms with Crippen molar-refractivity contribution >= 4 is 23.7 Å². The van der Waals surface area contributed by atoms with Gasteiger partial charge in [-0.3, -0.25) is 0 Å². The molecule has 21 heavy (non-hydrogen) atoms. The third-order valence-electron chi connectivity index (χ3n) is 3.45. The van der Waals surface area contributed by atoms with Gasteiger partial charge in [0.05, 0.1) is 11.2 Å². The summed E-state index contributed by atoms with van der Waals surface area (Å²) in [5.74, 6) is 0.886. The lowest BCUT2D eigenvalue weighted by molar-refractivity contribution is 0.302. The number of rotatable bonds is 7. The molecule has 1 aromatic heterocycles. The fourth-order valence-electron chi connectivity index (χ4n) is 1.64. The Morgan fingerprint density at radius 3 is 2.52 bits per heavy atom. The Morgan fingerprint density at radius 1 is 1.24 bits per heavy atom. The van der Waals surface area contributed by atoms with Crippen molar-refractivity contribution < 1.29 is 4.74 Å². The van der Waals surface area contributed by atoms with Crippen molar-refractivity contribution in [3.8, 4) is 5.75 Å². The summed E-state index contributed by atoms with van der Waals surface area (Å²) < 4.78 is 5.70. The molecule has 2 aromatic rings. The van der Waals surface area contributed by atoms with Gasteiger partial charge < -0.3 is 10.1 Å². The second-order valence-corrected chi connectivity index (χ2v) is 6.22. The molecular weight excluding hydrogens is 304 g/mol. The van der Waals surface area contributed by atoms with Crippen LogP contribution in [0.5, 0.6) is 5.75 Å². The van der Waals surface area contributed by atoms with Gasteiger partial charge in [0.2, 0.25) is 0 Å². The zero-order chi connectivity index (χ0) is 14.4. The molecule has 0 unspecified atom stereocenters. The molecule has 0 aliphatic heterocycles. The number of nitrogens with zero attached hydrogens (tertiary/aromatic N) is 1. The molecule has 2 rings (SSSR count). The highest BCUT2D eigenvalue weighted by molar-refractivity contribution is 7.07. The van der Waals surface area contributed by atoms with Gasteiger partial charge in [-0.15, -0.1) is 23.7 Å². The highest BCUT2D eigenvalue weighted by Crippen LogP contribution is 2.15. The molecule has 3 nitrogen and oxygen atoms in total. The van der Waals surface area contributed by atoms with Crippen LogP contribution >= 0.6 is 23.7 Å². The molecule has 0 saturated carbocycles. The number of hydrogen-bond donors (Lipinski definition) is 1. The Hall–Kier alpha value is -1.10. The lowest BCUT2D eigenvalue weighted by Gasteiger charge is -2.24. The molecule has 0 radical (unpaired) electrons. The van der Waals surface area contributed by atoms with E-state index >= 15 is 0 Å². The van der Waals surface area contributed by atoms with E-state index in [2.05, 4.69) is 43.2 Å². The van der Waals surface area contributed by atoms with E-state index in [9.17, 15) is 0 Å². The Kier molecular flexibility index (Phi) is 7.15. The highest BCUT2D eigenvalue weighted by atomic mass is 35.5. The largest absolute Gasteiger partial charge is 0.487 e. The van der Waals surface area contributed by atoms with Gasteiger partial charge in [-0.2, -0.15) is 0 Å². The molecule has 116 valence electrons. The first-order chi connectivity index (χ1) is 9.59. The number of thiazole rings is 1. The van der Waals surface area contributed by atoms with E-state index in [1.807, 2.05) is 23.0 Å². The molecule has 0 aliphatic rings. The summed E-state index contributed by atoms with van der Waals surface area (Å²) in [6, 6.07) is 8.24. The summed E-state index contributed by atoms with van der Waals surface area (Å²) in [7, 11) is 0. The third kappa shape index (κ3) is 6.04. The first-order valence-electron chi connectivity index (χ1n) is 6.93. The van der Waals surface area contributed by atoms with E-state index < -0.39 is 0 Å². The van der Waals surface area contributed by atoms with E-state index in [1.165, 1.54) is 5.56 Å². The van der Waals surface area contributed by atoms with Crippen LogP contribution in [0.2, 0.25) is 0 Å². The third-order valence-corrected chi connectivity index (χ3v) is 4.08. The minimum atomic E-state index is 0. The molecule has 5 heteroatoms. The maximum atomic E-state index is 5.70. The minimum absolute atomic E-state index is 0. The normalized spacial score (nSPS) is 11.0. The molecule has 0 spiro atoms. The van der Waals surface area contributed by atoms with E-state index in [0.29, 0.717) is 6.61 Å². The van der Waals surface area contributed by atoms with Gasteiger partial charge in [-0.05, 0) is 38.0 Å². The molecule has 1 aromatic carbocycles. The van der Waals surface area contributed by atoms with Crippen LogP contribution in [0.25, 0.3) is 0 Å². The highest BCUT2D eigenvalue weighted by Gasteiger charge is 2.13. The van der Waals surface area contributed by atoms with Crippen molar-refractivity contribution in [1.29, 1.82) is 0 Å². The van der Waals surface area contributed by atoms with Gasteiger partial charge in [0.15, 0.2) is 0 Å².